The van der Waals surface area contributed by atoms with E-state index in [-0.39, 0.29) is 23.4 Å². The van der Waals surface area contributed by atoms with Crippen molar-refractivity contribution in [3.63, 3.8) is 0 Å². The van der Waals surface area contributed by atoms with E-state index >= 15 is 0 Å². The number of thioether (sulfide) groups is 1. The van der Waals surface area contributed by atoms with Crippen molar-refractivity contribution in [3.8, 4) is 0 Å². The second-order valence-electron chi connectivity index (χ2n) is 9.16. The SMILES string of the molecule is CSc1ccc(C2C(C(=O)Nc3ccc(F)cc3)=C(C)NC3=C2C(=O)CC(c2ccccc2)C3)cc1. The molecule has 1 aliphatic carbocycles. The maximum atomic E-state index is 13.7. The van der Waals surface area contributed by atoms with Crippen LogP contribution in [0.3, 0.4) is 0 Å². The lowest BCUT2D eigenvalue weighted by atomic mass is 9.71. The van der Waals surface area contributed by atoms with E-state index < -0.39 is 5.92 Å². The molecule has 5 rings (SSSR count). The molecule has 0 radical (unpaired) electrons. The Labute approximate surface area is 214 Å². The minimum absolute atomic E-state index is 0.0520. The van der Waals surface area contributed by atoms with Crippen molar-refractivity contribution in [3.05, 3.63) is 118 Å². The molecule has 182 valence electrons. The van der Waals surface area contributed by atoms with E-state index in [1.165, 1.54) is 24.3 Å². The van der Waals surface area contributed by atoms with Crippen LogP contribution in [0.1, 0.15) is 42.7 Å². The number of halogens is 1. The first-order chi connectivity index (χ1) is 17.4. The number of allylic oxidation sites excluding steroid dienone is 3. The number of hydrogen-bond donors (Lipinski definition) is 2. The lowest BCUT2D eigenvalue weighted by Crippen LogP contribution is -2.37. The van der Waals surface area contributed by atoms with Crippen molar-refractivity contribution >= 4 is 29.1 Å². The highest BCUT2D eigenvalue weighted by Crippen LogP contribution is 2.45. The standard InChI is InChI=1S/C30H27FN2O2S/c1-18-27(30(35)33-23-12-10-22(31)11-13-23)28(20-8-14-24(36-2)15-9-20)29-25(32-18)16-21(17-26(29)34)19-6-4-3-5-7-19/h3-15,21,28,32H,16-17H2,1-2H3,(H,33,35). The van der Waals surface area contributed by atoms with Crippen LogP contribution in [0.4, 0.5) is 10.1 Å². The number of dihydropyridines is 1. The van der Waals surface area contributed by atoms with Crippen molar-refractivity contribution in [1.82, 2.24) is 5.32 Å². The summed E-state index contributed by atoms with van der Waals surface area (Å²) in [5, 5.41) is 6.31. The summed E-state index contributed by atoms with van der Waals surface area (Å²) in [7, 11) is 0. The molecule has 0 saturated heterocycles. The summed E-state index contributed by atoms with van der Waals surface area (Å²) >= 11 is 1.64. The van der Waals surface area contributed by atoms with Gasteiger partial charge in [0.2, 0.25) is 0 Å². The molecule has 0 bridgehead atoms. The number of hydrogen-bond acceptors (Lipinski definition) is 4. The number of ketones is 1. The first-order valence-electron chi connectivity index (χ1n) is 11.9. The van der Waals surface area contributed by atoms with Gasteiger partial charge in [-0.05, 0) is 73.0 Å². The van der Waals surface area contributed by atoms with Crippen LogP contribution in [-0.2, 0) is 9.59 Å². The molecule has 2 N–H and O–H groups in total. The molecule has 0 aromatic heterocycles. The van der Waals surface area contributed by atoms with Gasteiger partial charge in [-0.15, -0.1) is 11.8 Å². The van der Waals surface area contributed by atoms with Crippen molar-refractivity contribution in [2.45, 2.75) is 36.5 Å². The molecule has 1 heterocycles. The largest absolute Gasteiger partial charge is 0.362 e. The molecular formula is C30H27FN2O2S. The summed E-state index contributed by atoms with van der Waals surface area (Å²) in [6.07, 6.45) is 3.12. The number of carbonyl (C=O) groups excluding carboxylic acids is 2. The van der Waals surface area contributed by atoms with Crippen LogP contribution in [0.15, 0.2) is 106 Å². The fourth-order valence-corrected chi connectivity index (χ4v) is 5.57. The fraction of sp³-hybridized carbons (Fsp3) is 0.200. The Bertz CT molecular complexity index is 1360. The normalized spacial score (nSPS) is 19.6. The molecule has 6 heteroatoms. The van der Waals surface area contributed by atoms with Crippen LogP contribution >= 0.6 is 11.8 Å². The summed E-state index contributed by atoms with van der Waals surface area (Å²) < 4.78 is 13.4. The third kappa shape index (κ3) is 4.73. The second kappa shape index (κ2) is 10.2. The van der Waals surface area contributed by atoms with E-state index in [1.54, 1.807) is 11.8 Å². The van der Waals surface area contributed by atoms with Gasteiger partial charge in [-0.25, -0.2) is 4.39 Å². The average molecular weight is 499 g/mol. The Morgan fingerprint density at radius 1 is 0.944 bits per heavy atom. The Kier molecular flexibility index (Phi) is 6.79. The van der Waals surface area contributed by atoms with Crippen molar-refractivity contribution in [2.75, 3.05) is 11.6 Å². The van der Waals surface area contributed by atoms with Gasteiger partial charge in [-0.2, -0.15) is 0 Å². The number of carbonyl (C=O) groups is 2. The molecule has 0 saturated carbocycles. The fourth-order valence-electron chi connectivity index (χ4n) is 5.16. The molecular weight excluding hydrogens is 471 g/mol. The highest BCUT2D eigenvalue weighted by molar-refractivity contribution is 7.98. The quantitative estimate of drug-likeness (QED) is 0.392. The van der Waals surface area contributed by atoms with E-state index in [2.05, 4.69) is 22.8 Å². The number of nitrogens with one attached hydrogen (secondary N) is 2. The topological polar surface area (TPSA) is 58.2 Å². The van der Waals surface area contributed by atoms with Crippen molar-refractivity contribution in [1.29, 1.82) is 0 Å². The molecule has 0 spiro atoms. The van der Waals surface area contributed by atoms with Gasteiger partial charge in [0.1, 0.15) is 5.82 Å². The maximum Gasteiger partial charge on any atom is 0.254 e. The van der Waals surface area contributed by atoms with Gasteiger partial charge < -0.3 is 10.6 Å². The third-order valence-corrected chi connectivity index (χ3v) is 7.64. The zero-order valence-electron chi connectivity index (χ0n) is 20.2. The minimum Gasteiger partial charge on any atom is -0.362 e. The molecule has 2 atom stereocenters. The van der Waals surface area contributed by atoms with E-state index in [1.807, 2.05) is 55.6 Å². The molecule has 1 amide bonds. The molecule has 3 aromatic rings. The van der Waals surface area contributed by atoms with Crippen LogP contribution in [0.25, 0.3) is 0 Å². The Morgan fingerprint density at radius 2 is 1.64 bits per heavy atom. The van der Waals surface area contributed by atoms with E-state index in [9.17, 15) is 14.0 Å². The minimum atomic E-state index is -0.484. The molecule has 3 aromatic carbocycles. The predicted molar refractivity (Wildman–Crippen MR) is 142 cm³/mol. The lowest BCUT2D eigenvalue weighted by Gasteiger charge is -2.37. The van der Waals surface area contributed by atoms with E-state index in [4.69, 9.17) is 0 Å². The number of benzene rings is 3. The third-order valence-electron chi connectivity index (χ3n) is 6.89. The van der Waals surface area contributed by atoms with Gasteiger partial charge in [0.25, 0.3) is 5.91 Å². The average Bonchev–Trinajstić information content (AvgIpc) is 2.89. The van der Waals surface area contributed by atoms with Crippen LogP contribution in [0.2, 0.25) is 0 Å². The first kappa shape index (κ1) is 24.1. The summed E-state index contributed by atoms with van der Waals surface area (Å²) in [6.45, 7) is 1.88. The molecule has 1 aliphatic heterocycles. The molecule has 2 unspecified atom stereocenters. The smallest absolute Gasteiger partial charge is 0.254 e. The Balaban J connectivity index is 1.55. The van der Waals surface area contributed by atoms with Gasteiger partial charge in [0.15, 0.2) is 5.78 Å². The summed E-state index contributed by atoms with van der Waals surface area (Å²) in [4.78, 5) is 28.4. The van der Waals surface area contributed by atoms with Gasteiger partial charge >= 0.3 is 0 Å². The van der Waals surface area contributed by atoms with Crippen LogP contribution < -0.4 is 10.6 Å². The highest BCUT2D eigenvalue weighted by Gasteiger charge is 2.40. The molecule has 4 nitrogen and oxygen atoms in total. The zero-order chi connectivity index (χ0) is 25.2. The zero-order valence-corrected chi connectivity index (χ0v) is 21.0. The van der Waals surface area contributed by atoms with E-state index in [0.29, 0.717) is 35.4 Å². The highest BCUT2D eigenvalue weighted by atomic mass is 32.2. The summed E-state index contributed by atoms with van der Waals surface area (Å²) in [5.41, 5.74) is 5.30. The summed E-state index contributed by atoms with van der Waals surface area (Å²) in [6, 6.07) is 23.8. The monoisotopic (exact) mass is 498 g/mol. The van der Waals surface area contributed by atoms with Gasteiger partial charge in [0, 0.05) is 45.5 Å². The molecule has 2 aliphatic rings. The number of anilines is 1. The lowest BCUT2D eigenvalue weighted by molar-refractivity contribution is -0.116. The Hall–Kier alpha value is -3.64. The maximum absolute atomic E-state index is 13.7. The van der Waals surface area contributed by atoms with E-state index in [0.717, 1.165) is 21.7 Å². The van der Waals surface area contributed by atoms with Crippen molar-refractivity contribution < 1.29 is 14.0 Å². The second-order valence-corrected chi connectivity index (χ2v) is 10.0. The van der Waals surface area contributed by atoms with Gasteiger partial charge in [-0.1, -0.05) is 42.5 Å². The van der Waals surface area contributed by atoms with Crippen LogP contribution in [0, 0.1) is 5.82 Å². The molecule has 36 heavy (non-hydrogen) atoms. The van der Waals surface area contributed by atoms with Gasteiger partial charge in [0.05, 0.1) is 0 Å². The number of rotatable bonds is 5. The van der Waals surface area contributed by atoms with Gasteiger partial charge in [-0.3, -0.25) is 9.59 Å². The predicted octanol–water partition coefficient (Wildman–Crippen LogP) is 6.55. The number of Topliss-reactive ketones (excluding diaryl/α,β-unsaturated/α-hetero) is 1. The Morgan fingerprint density at radius 3 is 2.31 bits per heavy atom. The summed E-state index contributed by atoms with van der Waals surface area (Å²) in [5.74, 6) is -1.02. The van der Waals surface area contributed by atoms with Crippen LogP contribution in [-0.4, -0.2) is 17.9 Å². The number of amides is 1. The van der Waals surface area contributed by atoms with Crippen LogP contribution in [0.5, 0.6) is 0 Å². The molecule has 0 fully saturated rings. The first-order valence-corrected chi connectivity index (χ1v) is 13.2. The van der Waals surface area contributed by atoms with Crippen molar-refractivity contribution in [2.24, 2.45) is 0 Å².